The summed E-state index contributed by atoms with van der Waals surface area (Å²) in [7, 11) is 3.40. The first-order chi connectivity index (χ1) is 16.0. The number of ether oxygens (including phenoxy) is 1. The summed E-state index contributed by atoms with van der Waals surface area (Å²) >= 11 is 0. The van der Waals surface area contributed by atoms with E-state index >= 15 is 0 Å². The van der Waals surface area contributed by atoms with Crippen molar-refractivity contribution < 1.29 is 9.13 Å². The number of methoxy groups -OCH3 is 1. The molecule has 1 unspecified atom stereocenters. The molecule has 170 valence electrons. The Morgan fingerprint density at radius 1 is 1.18 bits per heavy atom. The van der Waals surface area contributed by atoms with Crippen LogP contribution in [0.25, 0.3) is 27.2 Å². The number of aromatic nitrogens is 2. The Labute approximate surface area is 192 Å². The second kappa shape index (κ2) is 10.1. The molecule has 4 rings (SSSR count). The number of benzene rings is 2. The van der Waals surface area contributed by atoms with Crippen molar-refractivity contribution in [2.75, 3.05) is 20.2 Å². The van der Waals surface area contributed by atoms with Gasteiger partial charge in [0.25, 0.3) is 5.56 Å². The Bertz CT molecular complexity index is 1240. The number of hydrogen-bond acceptors (Lipinski definition) is 4. The van der Waals surface area contributed by atoms with Crippen LogP contribution in [0.2, 0.25) is 0 Å². The van der Waals surface area contributed by atoms with Gasteiger partial charge in [0, 0.05) is 25.6 Å². The molecule has 1 saturated heterocycles. The zero-order chi connectivity index (χ0) is 23.4. The smallest absolute Gasteiger partial charge is 0.261 e. The summed E-state index contributed by atoms with van der Waals surface area (Å²) in [4.78, 5) is 21.9. The van der Waals surface area contributed by atoms with Crippen LogP contribution in [0.3, 0.4) is 0 Å². The van der Waals surface area contributed by atoms with Crippen molar-refractivity contribution in [1.82, 2.24) is 14.9 Å². The molecule has 33 heavy (non-hydrogen) atoms. The number of nitrogens with zero attached hydrogens (tertiary/aromatic N) is 3. The van der Waals surface area contributed by atoms with Crippen LogP contribution >= 0.6 is 0 Å². The fourth-order valence-corrected chi connectivity index (χ4v) is 4.41. The molecule has 0 bridgehead atoms. The fourth-order valence-electron chi connectivity index (χ4n) is 4.41. The van der Waals surface area contributed by atoms with Crippen LogP contribution < -0.4 is 10.9 Å². The first-order valence-corrected chi connectivity index (χ1v) is 11.1. The highest BCUT2D eigenvalue weighted by Gasteiger charge is 2.24. The molecule has 1 aliphatic rings. The third-order valence-electron chi connectivity index (χ3n) is 6.16. The molecule has 0 radical (unpaired) electrons. The maximum absolute atomic E-state index is 14.5. The lowest BCUT2D eigenvalue weighted by Gasteiger charge is -2.20. The van der Waals surface area contributed by atoms with E-state index < -0.39 is 5.82 Å². The molecular weight excluding hydrogens is 419 g/mol. The van der Waals surface area contributed by atoms with Gasteiger partial charge in [0.15, 0.2) is 0 Å². The van der Waals surface area contributed by atoms with E-state index in [0.29, 0.717) is 34.8 Å². The number of hydrogen-bond donors (Lipinski definition) is 1. The molecule has 2 heterocycles. The van der Waals surface area contributed by atoms with Gasteiger partial charge in [-0.2, -0.15) is 0 Å². The van der Waals surface area contributed by atoms with Crippen LogP contribution in [0.5, 0.6) is 0 Å². The standard InChI is InChI=1S/C26H27FN4O2/c1-28-22-11-10-20(15-21(22)27)24-23(18-8-6-17(7-9-18)16-33-3)26(32)31(2)25(30-24)19-5-4-13-29-14-12-19/h6-11,15,19,29H,4-5,12-14,16H2,2-3H3. The molecular formula is C26H27FN4O2. The van der Waals surface area contributed by atoms with Gasteiger partial charge in [-0.05, 0) is 49.5 Å². The highest BCUT2D eigenvalue weighted by atomic mass is 19.1. The van der Waals surface area contributed by atoms with E-state index in [4.69, 9.17) is 16.3 Å². The summed E-state index contributed by atoms with van der Waals surface area (Å²) in [6.45, 7) is 9.43. The van der Waals surface area contributed by atoms with E-state index in [1.807, 2.05) is 24.3 Å². The zero-order valence-corrected chi connectivity index (χ0v) is 18.9. The minimum absolute atomic E-state index is 0.0527. The Balaban J connectivity index is 1.92. The maximum atomic E-state index is 14.5. The van der Waals surface area contributed by atoms with Crippen LogP contribution in [0.15, 0.2) is 47.3 Å². The van der Waals surface area contributed by atoms with Gasteiger partial charge in [0.2, 0.25) is 5.69 Å². The summed E-state index contributed by atoms with van der Waals surface area (Å²) < 4.78 is 21.4. The third kappa shape index (κ3) is 4.72. The van der Waals surface area contributed by atoms with Gasteiger partial charge in [-0.3, -0.25) is 9.36 Å². The summed E-state index contributed by atoms with van der Waals surface area (Å²) in [5.74, 6) is 0.238. The van der Waals surface area contributed by atoms with Crippen LogP contribution in [0, 0.1) is 12.4 Å². The molecule has 1 aliphatic heterocycles. The van der Waals surface area contributed by atoms with Crippen molar-refractivity contribution in [2.45, 2.75) is 31.8 Å². The molecule has 6 nitrogen and oxygen atoms in total. The highest BCUT2D eigenvalue weighted by Crippen LogP contribution is 2.33. The summed E-state index contributed by atoms with van der Waals surface area (Å²) in [5, 5.41) is 3.40. The number of rotatable bonds is 5. The van der Waals surface area contributed by atoms with Gasteiger partial charge < -0.3 is 10.1 Å². The van der Waals surface area contributed by atoms with Gasteiger partial charge in [-0.15, -0.1) is 0 Å². The minimum Gasteiger partial charge on any atom is -0.380 e. The molecule has 0 aliphatic carbocycles. The van der Waals surface area contributed by atoms with Crippen molar-refractivity contribution in [2.24, 2.45) is 7.05 Å². The molecule has 3 aromatic rings. The first-order valence-electron chi connectivity index (χ1n) is 11.1. The van der Waals surface area contributed by atoms with Crippen molar-refractivity contribution in [3.63, 3.8) is 0 Å². The predicted molar refractivity (Wildman–Crippen MR) is 127 cm³/mol. The Morgan fingerprint density at radius 2 is 1.94 bits per heavy atom. The molecule has 0 spiro atoms. The summed E-state index contributed by atoms with van der Waals surface area (Å²) in [6, 6.07) is 12.0. The minimum atomic E-state index is -0.619. The van der Waals surface area contributed by atoms with Crippen molar-refractivity contribution >= 4 is 5.69 Å². The van der Waals surface area contributed by atoms with Gasteiger partial charge in [0.05, 0.1) is 24.4 Å². The maximum Gasteiger partial charge on any atom is 0.261 e. The molecule has 1 N–H and O–H groups in total. The van der Waals surface area contributed by atoms with E-state index in [0.717, 1.165) is 37.9 Å². The largest absolute Gasteiger partial charge is 0.380 e. The van der Waals surface area contributed by atoms with Gasteiger partial charge in [-0.25, -0.2) is 14.2 Å². The van der Waals surface area contributed by atoms with E-state index in [2.05, 4.69) is 10.2 Å². The highest BCUT2D eigenvalue weighted by molar-refractivity contribution is 5.81. The molecule has 1 aromatic heterocycles. The number of nitrogens with one attached hydrogen (secondary N) is 1. The normalized spacial score (nSPS) is 16.2. The van der Waals surface area contributed by atoms with Crippen LogP contribution in [-0.4, -0.2) is 29.8 Å². The Hall–Kier alpha value is -3.34. The average Bonchev–Trinajstić information content (AvgIpc) is 3.11. The second-order valence-corrected chi connectivity index (χ2v) is 8.34. The van der Waals surface area contributed by atoms with Gasteiger partial charge >= 0.3 is 0 Å². The van der Waals surface area contributed by atoms with Crippen LogP contribution in [0.4, 0.5) is 10.1 Å². The second-order valence-electron chi connectivity index (χ2n) is 8.34. The van der Waals surface area contributed by atoms with Crippen LogP contribution in [-0.2, 0) is 18.4 Å². The third-order valence-corrected chi connectivity index (χ3v) is 6.16. The molecule has 0 amide bonds. The lowest BCUT2D eigenvalue weighted by molar-refractivity contribution is 0.185. The van der Waals surface area contributed by atoms with Crippen LogP contribution in [0.1, 0.15) is 36.6 Å². The average molecular weight is 447 g/mol. The van der Waals surface area contributed by atoms with E-state index in [1.54, 1.807) is 24.8 Å². The van der Waals surface area contributed by atoms with E-state index in [1.165, 1.54) is 12.1 Å². The Morgan fingerprint density at radius 3 is 2.64 bits per heavy atom. The molecule has 1 fully saturated rings. The number of halogens is 1. The SMILES string of the molecule is [C-]#[N+]c1ccc(-c2nc(C3CCCNCC3)n(C)c(=O)c2-c2ccc(COC)cc2)cc1F. The van der Waals surface area contributed by atoms with Gasteiger partial charge in [-0.1, -0.05) is 36.4 Å². The lowest BCUT2D eigenvalue weighted by atomic mass is 9.96. The van der Waals surface area contributed by atoms with Crippen molar-refractivity contribution in [3.05, 3.63) is 81.4 Å². The summed E-state index contributed by atoms with van der Waals surface area (Å²) in [6.07, 6.45) is 2.82. The predicted octanol–water partition coefficient (Wildman–Crippen LogP) is 4.81. The summed E-state index contributed by atoms with van der Waals surface area (Å²) in [5.41, 5.74) is 2.84. The van der Waals surface area contributed by atoms with Crippen molar-refractivity contribution in [3.8, 4) is 22.4 Å². The van der Waals surface area contributed by atoms with E-state index in [-0.39, 0.29) is 17.2 Å². The van der Waals surface area contributed by atoms with Crippen molar-refractivity contribution in [1.29, 1.82) is 0 Å². The molecule has 1 atom stereocenters. The lowest BCUT2D eigenvalue weighted by Crippen LogP contribution is -2.27. The molecule has 0 saturated carbocycles. The zero-order valence-electron chi connectivity index (χ0n) is 18.9. The van der Waals surface area contributed by atoms with E-state index in [9.17, 15) is 9.18 Å². The quantitative estimate of drug-likeness (QED) is 0.572. The Kier molecular flexibility index (Phi) is 6.97. The molecule has 7 heteroatoms. The van der Waals surface area contributed by atoms with Gasteiger partial charge in [0.1, 0.15) is 11.6 Å². The first kappa shape index (κ1) is 22.8. The topological polar surface area (TPSA) is 60.5 Å². The fraction of sp³-hybridized carbons (Fsp3) is 0.346. The molecule has 2 aromatic carbocycles. The monoisotopic (exact) mass is 446 g/mol.